The molecule has 0 saturated carbocycles. The fourth-order valence-corrected chi connectivity index (χ4v) is 3.12. The van der Waals surface area contributed by atoms with Crippen LogP contribution >= 0.6 is 0 Å². The van der Waals surface area contributed by atoms with Crippen LogP contribution in [0.5, 0.6) is 5.75 Å². The number of halogens is 1. The number of nitrogens with zero attached hydrogens (tertiary/aromatic N) is 1. The second-order valence-corrected chi connectivity index (χ2v) is 6.52. The van der Waals surface area contributed by atoms with E-state index in [9.17, 15) is 9.50 Å². The SMILES string of the molecule is CC(C)CN(CC1CCCN1)C(C)c1ccc(F)cc1O. The highest BCUT2D eigenvalue weighted by atomic mass is 19.1. The van der Waals surface area contributed by atoms with Crippen molar-refractivity contribution in [2.45, 2.75) is 45.7 Å². The van der Waals surface area contributed by atoms with Crippen molar-refractivity contribution in [3.8, 4) is 5.75 Å². The van der Waals surface area contributed by atoms with E-state index in [2.05, 4.69) is 31.0 Å². The first-order valence-corrected chi connectivity index (χ1v) is 7.93. The second kappa shape index (κ2) is 7.23. The molecule has 2 unspecified atom stereocenters. The number of hydrogen-bond donors (Lipinski definition) is 2. The molecule has 1 aliphatic rings. The van der Waals surface area contributed by atoms with Gasteiger partial charge in [-0.05, 0) is 38.3 Å². The van der Waals surface area contributed by atoms with Gasteiger partial charge in [-0.3, -0.25) is 4.90 Å². The van der Waals surface area contributed by atoms with Crippen molar-refractivity contribution in [1.82, 2.24) is 10.2 Å². The number of phenolic OH excluding ortho intramolecular Hbond substituents is 1. The lowest BCUT2D eigenvalue weighted by Crippen LogP contribution is -2.40. The molecule has 2 N–H and O–H groups in total. The second-order valence-electron chi connectivity index (χ2n) is 6.52. The van der Waals surface area contributed by atoms with Gasteiger partial charge in [0, 0.05) is 36.8 Å². The number of phenols is 1. The van der Waals surface area contributed by atoms with Gasteiger partial charge >= 0.3 is 0 Å². The van der Waals surface area contributed by atoms with E-state index in [1.807, 2.05) is 0 Å². The minimum absolute atomic E-state index is 0.0515. The molecular weight excluding hydrogens is 267 g/mol. The van der Waals surface area contributed by atoms with Crippen molar-refractivity contribution >= 4 is 0 Å². The van der Waals surface area contributed by atoms with Gasteiger partial charge in [-0.1, -0.05) is 19.9 Å². The zero-order valence-corrected chi connectivity index (χ0v) is 13.3. The Morgan fingerprint density at radius 1 is 1.38 bits per heavy atom. The van der Waals surface area contributed by atoms with Gasteiger partial charge in [-0.25, -0.2) is 4.39 Å². The number of nitrogens with one attached hydrogen (secondary N) is 1. The number of aromatic hydroxyl groups is 1. The fraction of sp³-hybridized carbons (Fsp3) is 0.647. The first-order chi connectivity index (χ1) is 9.97. The molecule has 118 valence electrons. The summed E-state index contributed by atoms with van der Waals surface area (Å²) in [7, 11) is 0. The molecule has 1 heterocycles. The van der Waals surface area contributed by atoms with Crippen LogP contribution in [-0.2, 0) is 0 Å². The summed E-state index contributed by atoms with van der Waals surface area (Å²) in [4.78, 5) is 2.39. The first kappa shape index (κ1) is 16.2. The molecule has 0 bridgehead atoms. The standard InChI is InChI=1S/C17H27FN2O/c1-12(2)10-20(11-15-5-4-8-19-15)13(3)16-7-6-14(18)9-17(16)21/h6-7,9,12-13,15,19,21H,4-5,8,10-11H2,1-3H3. The minimum Gasteiger partial charge on any atom is -0.508 e. The third kappa shape index (κ3) is 4.42. The lowest BCUT2D eigenvalue weighted by Gasteiger charge is -2.33. The largest absolute Gasteiger partial charge is 0.508 e. The Balaban J connectivity index is 2.13. The van der Waals surface area contributed by atoms with Gasteiger partial charge in [0.1, 0.15) is 11.6 Å². The van der Waals surface area contributed by atoms with Crippen LogP contribution in [0.3, 0.4) is 0 Å². The molecule has 0 aliphatic carbocycles. The van der Waals surface area contributed by atoms with Crippen LogP contribution in [0.15, 0.2) is 18.2 Å². The van der Waals surface area contributed by atoms with E-state index in [4.69, 9.17) is 0 Å². The van der Waals surface area contributed by atoms with Crippen LogP contribution in [0.4, 0.5) is 4.39 Å². The third-order valence-electron chi connectivity index (χ3n) is 4.21. The van der Waals surface area contributed by atoms with E-state index in [1.54, 1.807) is 6.07 Å². The molecule has 1 fully saturated rings. The molecule has 2 atom stereocenters. The van der Waals surface area contributed by atoms with Gasteiger partial charge in [0.25, 0.3) is 0 Å². The predicted molar refractivity (Wildman–Crippen MR) is 83.9 cm³/mol. The molecule has 0 spiro atoms. The Labute approximate surface area is 127 Å². The van der Waals surface area contributed by atoms with E-state index in [0.717, 1.165) is 25.2 Å². The zero-order valence-electron chi connectivity index (χ0n) is 13.3. The Morgan fingerprint density at radius 3 is 2.71 bits per heavy atom. The third-order valence-corrected chi connectivity index (χ3v) is 4.21. The summed E-state index contributed by atoms with van der Waals surface area (Å²) in [6.07, 6.45) is 2.44. The number of rotatable bonds is 6. The molecule has 1 saturated heterocycles. The highest BCUT2D eigenvalue weighted by Gasteiger charge is 2.24. The van der Waals surface area contributed by atoms with Crippen LogP contribution in [0, 0.1) is 11.7 Å². The van der Waals surface area contributed by atoms with Crippen molar-refractivity contribution in [2.75, 3.05) is 19.6 Å². The average molecular weight is 294 g/mol. The molecular formula is C17H27FN2O. The van der Waals surface area contributed by atoms with Crippen LogP contribution < -0.4 is 5.32 Å². The highest BCUT2D eigenvalue weighted by molar-refractivity contribution is 5.35. The molecule has 0 aromatic heterocycles. The molecule has 1 aliphatic heterocycles. The molecule has 1 aromatic carbocycles. The van der Waals surface area contributed by atoms with Crippen molar-refractivity contribution in [1.29, 1.82) is 0 Å². The maximum Gasteiger partial charge on any atom is 0.126 e. The summed E-state index contributed by atoms with van der Waals surface area (Å²) < 4.78 is 13.2. The molecule has 2 rings (SSSR count). The Bertz CT molecular complexity index is 458. The summed E-state index contributed by atoms with van der Waals surface area (Å²) in [5.41, 5.74) is 0.801. The molecule has 1 aromatic rings. The lowest BCUT2D eigenvalue weighted by molar-refractivity contribution is 0.169. The van der Waals surface area contributed by atoms with E-state index < -0.39 is 5.82 Å². The summed E-state index contributed by atoms with van der Waals surface area (Å²) in [6.45, 7) is 9.52. The normalized spacial score (nSPS) is 20.4. The predicted octanol–water partition coefficient (Wildman–Crippen LogP) is 3.30. The highest BCUT2D eigenvalue weighted by Crippen LogP contribution is 2.30. The van der Waals surface area contributed by atoms with Crippen LogP contribution in [0.25, 0.3) is 0 Å². The Kier molecular flexibility index (Phi) is 5.59. The molecule has 0 amide bonds. The van der Waals surface area contributed by atoms with E-state index in [0.29, 0.717) is 12.0 Å². The number of benzene rings is 1. The first-order valence-electron chi connectivity index (χ1n) is 7.93. The van der Waals surface area contributed by atoms with Crippen molar-refractivity contribution in [2.24, 2.45) is 5.92 Å². The molecule has 0 radical (unpaired) electrons. The summed E-state index contributed by atoms with van der Waals surface area (Å²) >= 11 is 0. The van der Waals surface area contributed by atoms with E-state index >= 15 is 0 Å². The lowest BCUT2D eigenvalue weighted by atomic mass is 10.0. The summed E-state index contributed by atoms with van der Waals surface area (Å²) in [6, 6.07) is 4.93. The Hall–Kier alpha value is -1.13. The van der Waals surface area contributed by atoms with E-state index in [1.165, 1.54) is 25.0 Å². The quantitative estimate of drug-likeness (QED) is 0.845. The average Bonchev–Trinajstić information content (AvgIpc) is 2.89. The molecule has 3 nitrogen and oxygen atoms in total. The minimum atomic E-state index is -0.392. The smallest absolute Gasteiger partial charge is 0.126 e. The maximum absolute atomic E-state index is 13.2. The molecule has 21 heavy (non-hydrogen) atoms. The zero-order chi connectivity index (χ0) is 15.4. The molecule has 4 heteroatoms. The summed E-state index contributed by atoms with van der Waals surface area (Å²) in [5.74, 6) is 0.211. The van der Waals surface area contributed by atoms with Gasteiger partial charge in [-0.2, -0.15) is 0 Å². The van der Waals surface area contributed by atoms with Crippen LogP contribution in [-0.4, -0.2) is 35.7 Å². The van der Waals surface area contributed by atoms with Gasteiger partial charge in [0.05, 0.1) is 0 Å². The van der Waals surface area contributed by atoms with Gasteiger partial charge in [0.15, 0.2) is 0 Å². The maximum atomic E-state index is 13.2. The van der Waals surface area contributed by atoms with Gasteiger partial charge in [0.2, 0.25) is 0 Å². The van der Waals surface area contributed by atoms with E-state index in [-0.39, 0.29) is 11.8 Å². The van der Waals surface area contributed by atoms with Crippen molar-refractivity contribution in [3.05, 3.63) is 29.6 Å². The van der Waals surface area contributed by atoms with Crippen molar-refractivity contribution < 1.29 is 9.50 Å². The topological polar surface area (TPSA) is 35.5 Å². The van der Waals surface area contributed by atoms with Crippen molar-refractivity contribution in [3.63, 3.8) is 0 Å². The van der Waals surface area contributed by atoms with Crippen LogP contribution in [0.2, 0.25) is 0 Å². The summed E-state index contributed by atoms with van der Waals surface area (Å²) in [5, 5.41) is 13.5. The number of hydrogen-bond acceptors (Lipinski definition) is 3. The van der Waals surface area contributed by atoms with Crippen LogP contribution in [0.1, 0.15) is 45.2 Å². The monoisotopic (exact) mass is 294 g/mol. The fourth-order valence-electron chi connectivity index (χ4n) is 3.12. The van der Waals surface area contributed by atoms with Gasteiger partial charge in [-0.15, -0.1) is 0 Å². The Morgan fingerprint density at radius 2 is 2.14 bits per heavy atom. The van der Waals surface area contributed by atoms with Gasteiger partial charge < -0.3 is 10.4 Å².